The van der Waals surface area contributed by atoms with Crippen molar-refractivity contribution in [1.82, 2.24) is 5.32 Å². The van der Waals surface area contributed by atoms with E-state index in [4.69, 9.17) is 16.9 Å². The zero-order chi connectivity index (χ0) is 12.0. The van der Waals surface area contributed by atoms with Crippen molar-refractivity contribution < 1.29 is 4.79 Å². The molecule has 0 aliphatic heterocycles. The summed E-state index contributed by atoms with van der Waals surface area (Å²) >= 11 is 5.70. The standard InChI is InChI=1S/C11H10ClN3O/c1-14-7-8(6-13)11(16)15-10-4-2-9(12)3-5-10/h2-5,7,14H,1H3,(H,15,16)/b8-7-. The second kappa shape index (κ2) is 5.79. The van der Waals surface area contributed by atoms with Crippen molar-refractivity contribution in [3.8, 4) is 6.07 Å². The fourth-order valence-electron chi connectivity index (χ4n) is 1.02. The van der Waals surface area contributed by atoms with Crippen LogP contribution in [-0.2, 0) is 4.79 Å². The average Bonchev–Trinajstić information content (AvgIpc) is 2.29. The number of rotatable bonds is 3. The van der Waals surface area contributed by atoms with E-state index < -0.39 is 5.91 Å². The number of hydrogen-bond acceptors (Lipinski definition) is 3. The molecule has 0 aliphatic rings. The van der Waals surface area contributed by atoms with Crippen molar-refractivity contribution >= 4 is 23.2 Å². The highest BCUT2D eigenvalue weighted by atomic mass is 35.5. The molecule has 16 heavy (non-hydrogen) atoms. The fraction of sp³-hybridized carbons (Fsp3) is 0.0909. The van der Waals surface area contributed by atoms with Crippen LogP contribution in [0.3, 0.4) is 0 Å². The number of nitrogens with one attached hydrogen (secondary N) is 2. The fourth-order valence-corrected chi connectivity index (χ4v) is 1.15. The van der Waals surface area contributed by atoms with Crippen molar-refractivity contribution in [1.29, 1.82) is 5.26 Å². The molecule has 0 heterocycles. The summed E-state index contributed by atoms with van der Waals surface area (Å²) < 4.78 is 0. The Morgan fingerprint density at radius 3 is 2.56 bits per heavy atom. The maximum atomic E-state index is 11.5. The van der Waals surface area contributed by atoms with Gasteiger partial charge in [0.1, 0.15) is 11.6 Å². The van der Waals surface area contributed by atoms with Gasteiger partial charge in [-0.1, -0.05) is 11.6 Å². The number of anilines is 1. The molecule has 0 radical (unpaired) electrons. The SMILES string of the molecule is CN/C=C(/C#N)C(=O)Nc1ccc(Cl)cc1. The molecule has 0 atom stereocenters. The summed E-state index contributed by atoms with van der Waals surface area (Å²) in [7, 11) is 1.62. The molecule has 0 bridgehead atoms. The number of nitriles is 1. The molecule has 0 saturated carbocycles. The van der Waals surface area contributed by atoms with Crippen LogP contribution in [0, 0.1) is 11.3 Å². The molecule has 0 aromatic heterocycles. The van der Waals surface area contributed by atoms with E-state index in [1.165, 1.54) is 6.20 Å². The maximum absolute atomic E-state index is 11.5. The molecule has 4 nitrogen and oxygen atoms in total. The Bertz CT molecular complexity index is 445. The molecular weight excluding hydrogens is 226 g/mol. The Morgan fingerprint density at radius 2 is 2.06 bits per heavy atom. The summed E-state index contributed by atoms with van der Waals surface area (Å²) in [5.41, 5.74) is 0.601. The Kier molecular flexibility index (Phi) is 4.37. The van der Waals surface area contributed by atoms with E-state index in [0.717, 1.165) is 0 Å². The summed E-state index contributed by atoms with van der Waals surface area (Å²) in [6.45, 7) is 0. The van der Waals surface area contributed by atoms with E-state index in [1.807, 2.05) is 0 Å². The number of halogens is 1. The van der Waals surface area contributed by atoms with E-state index in [-0.39, 0.29) is 5.57 Å². The molecular formula is C11H10ClN3O. The molecule has 1 aromatic carbocycles. The maximum Gasteiger partial charge on any atom is 0.267 e. The second-order valence-corrected chi connectivity index (χ2v) is 3.36. The van der Waals surface area contributed by atoms with E-state index >= 15 is 0 Å². The van der Waals surface area contributed by atoms with E-state index in [2.05, 4.69) is 10.6 Å². The monoisotopic (exact) mass is 235 g/mol. The normalized spacial score (nSPS) is 10.4. The van der Waals surface area contributed by atoms with Crippen molar-refractivity contribution in [3.63, 3.8) is 0 Å². The van der Waals surface area contributed by atoms with E-state index in [0.29, 0.717) is 10.7 Å². The van der Waals surface area contributed by atoms with Gasteiger partial charge in [-0.05, 0) is 24.3 Å². The van der Waals surface area contributed by atoms with Crippen molar-refractivity contribution in [2.75, 3.05) is 12.4 Å². The highest BCUT2D eigenvalue weighted by molar-refractivity contribution is 6.30. The Labute approximate surface area is 98.5 Å². The summed E-state index contributed by atoms with van der Waals surface area (Å²) in [5, 5.41) is 14.5. The molecule has 0 spiro atoms. The molecule has 1 aromatic rings. The summed E-state index contributed by atoms with van der Waals surface area (Å²) in [6, 6.07) is 8.43. The van der Waals surface area contributed by atoms with Gasteiger partial charge in [-0.2, -0.15) is 5.26 Å². The van der Waals surface area contributed by atoms with Gasteiger partial charge in [-0.3, -0.25) is 4.79 Å². The molecule has 1 amide bonds. The quantitative estimate of drug-likeness (QED) is 0.621. The van der Waals surface area contributed by atoms with Gasteiger partial charge in [0.25, 0.3) is 5.91 Å². The van der Waals surface area contributed by atoms with Crippen molar-refractivity contribution in [3.05, 3.63) is 41.1 Å². The predicted molar refractivity (Wildman–Crippen MR) is 62.8 cm³/mol. The first-order chi connectivity index (χ1) is 7.67. The minimum absolute atomic E-state index is 0.0115. The molecule has 0 unspecified atom stereocenters. The lowest BCUT2D eigenvalue weighted by molar-refractivity contribution is -0.112. The Balaban J connectivity index is 2.75. The van der Waals surface area contributed by atoms with Gasteiger partial charge < -0.3 is 10.6 Å². The zero-order valence-electron chi connectivity index (χ0n) is 8.62. The van der Waals surface area contributed by atoms with Crippen LogP contribution in [0.5, 0.6) is 0 Å². The van der Waals surface area contributed by atoms with E-state index in [9.17, 15) is 4.79 Å². The lowest BCUT2D eigenvalue weighted by Gasteiger charge is -2.03. The van der Waals surface area contributed by atoms with Crippen molar-refractivity contribution in [2.45, 2.75) is 0 Å². The lowest BCUT2D eigenvalue weighted by atomic mass is 10.2. The van der Waals surface area contributed by atoms with Gasteiger partial charge in [0.05, 0.1) is 0 Å². The topological polar surface area (TPSA) is 64.9 Å². The van der Waals surface area contributed by atoms with Crippen LogP contribution in [0.1, 0.15) is 0 Å². The van der Waals surface area contributed by atoms with Crippen LogP contribution in [0.4, 0.5) is 5.69 Å². The van der Waals surface area contributed by atoms with Gasteiger partial charge in [-0.25, -0.2) is 0 Å². The molecule has 5 heteroatoms. The highest BCUT2D eigenvalue weighted by Crippen LogP contribution is 2.13. The number of benzene rings is 1. The van der Waals surface area contributed by atoms with E-state index in [1.54, 1.807) is 37.4 Å². The van der Waals surface area contributed by atoms with Gasteiger partial charge in [0.2, 0.25) is 0 Å². The number of nitrogens with zero attached hydrogens (tertiary/aromatic N) is 1. The minimum atomic E-state index is -0.459. The van der Waals surface area contributed by atoms with Crippen LogP contribution in [-0.4, -0.2) is 13.0 Å². The number of carbonyl (C=O) groups is 1. The lowest BCUT2D eigenvalue weighted by Crippen LogP contribution is -2.15. The molecule has 0 aliphatic carbocycles. The summed E-state index contributed by atoms with van der Waals surface area (Å²) in [4.78, 5) is 11.5. The number of carbonyl (C=O) groups excluding carboxylic acids is 1. The molecule has 82 valence electrons. The highest BCUT2D eigenvalue weighted by Gasteiger charge is 2.08. The van der Waals surface area contributed by atoms with Gasteiger partial charge in [0, 0.05) is 24.0 Å². The molecule has 2 N–H and O–H groups in total. The number of hydrogen-bond donors (Lipinski definition) is 2. The van der Waals surface area contributed by atoms with Gasteiger partial charge in [0.15, 0.2) is 0 Å². The predicted octanol–water partition coefficient (Wildman–Crippen LogP) is 1.91. The summed E-state index contributed by atoms with van der Waals surface area (Å²) in [6.07, 6.45) is 1.34. The second-order valence-electron chi connectivity index (χ2n) is 2.92. The first-order valence-corrected chi connectivity index (χ1v) is 4.89. The van der Waals surface area contributed by atoms with Gasteiger partial charge in [-0.15, -0.1) is 0 Å². The molecule has 0 saturated heterocycles. The zero-order valence-corrected chi connectivity index (χ0v) is 9.38. The van der Waals surface area contributed by atoms with Crippen LogP contribution >= 0.6 is 11.6 Å². The smallest absolute Gasteiger partial charge is 0.267 e. The average molecular weight is 236 g/mol. The molecule has 1 rings (SSSR count). The van der Waals surface area contributed by atoms with Crippen LogP contribution in [0.15, 0.2) is 36.0 Å². The summed E-state index contributed by atoms with van der Waals surface area (Å²) in [5.74, 6) is -0.459. The third-order valence-electron chi connectivity index (χ3n) is 1.76. The Hall–Kier alpha value is -1.99. The first-order valence-electron chi connectivity index (χ1n) is 4.52. The van der Waals surface area contributed by atoms with Crippen LogP contribution < -0.4 is 10.6 Å². The Morgan fingerprint density at radius 1 is 1.44 bits per heavy atom. The first kappa shape index (κ1) is 12.1. The van der Waals surface area contributed by atoms with Gasteiger partial charge >= 0.3 is 0 Å². The van der Waals surface area contributed by atoms with Crippen LogP contribution in [0.25, 0.3) is 0 Å². The number of amides is 1. The third-order valence-corrected chi connectivity index (χ3v) is 2.01. The third kappa shape index (κ3) is 3.30. The molecule has 0 fully saturated rings. The largest absolute Gasteiger partial charge is 0.393 e. The van der Waals surface area contributed by atoms with Crippen LogP contribution in [0.2, 0.25) is 5.02 Å². The minimum Gasteiger partial charge on any atom is -0.393 e. The van der Waals surface area contributed by atoms with Crippen molar-refractivity contribution in [2.24, 2.45) is 0 Å².